The summed E-state index contributed by atoms with van der Waals surface area (Å²) < 4.78 is 1.83. The largest absolute Gasteiger partial charge is 0.353 e. The van der Waals surface area contributed by atoms with Crippen molar-refractivity contribution < 1.29 is 4.79 Å². The molecule has 1 amide bonds. The van der Waals surface area contributed by atoms with Gasteiger partial charge >= 0.3 is 0 Å². The van der Waals surface area contributed by atoms with Crippen molar-refractivity contribution >= 4 is 40.8 Å². The Bertz CT molecular complexity index is 381. The summed E-state index contributed by atoms with van der Waals surface area (Å²) in [6, 6.07) is 0.207. The molecule has 18 heavy (non-hydrogen) atoms. The molecule has 0 radical (unpaired) electrons. The summed E-state index contributed by atoms with van der Waals surface area (Å²) in [6.45, 7) is 8.29. The number of rotatable bonds is 7. The first-order valence-electron chi connectivity index (χ1n) is 5.91. The van der Waals surface area contributed by atoms with Crippen molar-refractivity contribution in [1.29, 1.82) is 0 Å². The van der Waals surface area contributed by atoms with Gasteiger partial charge in [-0.25, -0.2) is 0 Å². The fourth-order valence-electron chi connectivity index (χ4n) is 1.03. The summed E-state index contributed by atoms with van der Waals surface area (Å²) in [5.41, 5.74) is 0. The van der Waals surface area contributed by atoms with Crippen molar-refractivity contribution in [1.82, 2.24) is 15.5 Å². The summed E-state index contributed by atoms with van der Waals surface area (Å²) in [7, 11) is 0. The third-order valence-electron chi connectivity index (χ3n) is 2.37. The molecule has 102 valence electrons. The predicted octanol–water partition coefficient (Wildman–Crippen LogP) is 2.90. The molecule has 0 aliphatic carbocycles. The third kappa shape index (κ3) is 5.58. The lowest BCUT2D eigenvalue weighted by Crippen LogP contribution is -2.37. The summed E-state index contributed by atoms with van der Waals surface area (Å²) in [5, 5.41) is 11.1. The molecule has 1 rings (SSSR count). The summed E-state index contributed by atoms with van der Waals surface area (Å²) in [4.78, 5) is 11.7. The van der Waals surface area contributed by atoms with E-state index in [4.69, 9.17) is 0 Å². The Morgan fingerprint density at radius 1 is 1.28 bits per heavy atom. The van der Waals surface area contributed by atoms with Crippen LogP contribution in [0.3, 0.4) is 0 Å². The van der Waals surface area contributed by atoms with E-state index in [1.165, 1.54) is 11.8 Å². The van der Waals surface area contributed by atoms with E-state index in [2.05, 4.69) is 36.3 Å². The lowest BCUT2D eigenvalue weighted by Gasteiger charge is -2.16. The molecule has 0 saturated heterocycles. The smallest absolute Gasteiger partial charge is 0.230 e. The molecule has 0 unspecified atom stereocenters. The van der Waals surface area contributed by atoms with E-state index < -0.39 is 0 Å². The first kappa shape index (κ1) is 15.8. The Morgan fingerprint density at radius 2 is 1.89 bits per heavy atom. The summed E-state index contributed by atoms with van der Waals surface area (Å²) in [6.07, 6.45) is 0. The van der Waals surface area contributed by atoms with E-state index in [0.29, 0.717) is 11.7 Å². The summed E-state index contributed by atoms with van der Waals surface area (Å²) in [5.74, 6) is 1.91. The zero-order chi connectivity index (χ0) is 13.5. The number of carbonyl (C=O) groups excluding carboxylic acids is 1. The molecular weight excluding hydrogens is 286 g/mol. The van der Waals surface area contributed by atoms with Gasteiger partial charge in [0.1, 0.15) is 0 Å². The standard InChI is InChI=1S/C11H19N3OS3/c1-5-16-10-13-14-11(18-10)17-6-9(15)12-8(4)7(2)3/h7-8H,5-6H2,1-4H3,(H,12,15)/t8-/m0/s1. The van der Waals surface area contributed by atoms with Crippen molar-refractivity contribution in [3.63, 3.8) is 0 Å². The molecule has 0 saturated carbocycles. The number of carbonyl (C=O) groups is 1. The van der Waals surface area contributed by atoms with Crippen LogP contribution in [0.25, 0.3) is 0 Å². The van der Waals surface area contributed by atoms with Gasteiger partial charge in [-0.1, -0.05) is 55.6 Å². The van der Waals surface area contributed by atoms with Gasteiger partial charge in [-0.3, -0.25) is 4.79 Å². The number of nitrogens with one attached hydrogen (secondary N) is 1. The van der Waals surface area contributed by atoms with Crippen LogP contribution in [0.15, 0.2) is 8.68 Å². The lowest BCUT2D eigenvalue weighted by molar-refractivity contribution is -0.119. The number of thioether (sulfide) groups is 2. The van der Waals surface area contributed by atoms with Crippen LogP contribution in [0.5, 0.6) is 0 Å². The van der Waals surface area contributed by atoms with Gasteiger partial charge in [-0.05, 0) is 18.6 Å². The van der Waals surface area contributed by atoms with E-state index >= 15 is 0 Å². The molecule has 0 bridgehead atoms. The highest BCUT2D eigenvalue weighted by Crippen LogP contribution is 2.28. The Morgan fingerprint density at radius 3 is 2.44 bits per heavy atom. The second kappa shape index (κ2) is 8.01. The fourth-order valence-corrected chi connectivity index (χ4v) is 3.76. The second-order valence-electron chi connectivity index (χ2n) is 4.16. The van der Waals surface area contributed by atoms with Crippen LogP contribution in [0.4, 0.5) is 0 Å². The topological polar surface area (TPSA) is 54.9 Å². The molecule has 1 N–H and O–H groups in total. The van der Waals surface area contributed by atoms with Crippen LogP contribution in [-0.4, -0.2) is 33.7 Å². The van der Waals surface area contributed by atoms with Crippen molar-refractivity contribution in [2.45, 2.75) is 42.4 Å². The molecular formula is C11H19N3OS3. The van der Waals surface area contributed by atoms with Gasteiger partial charge in [0.25, 0.3) is 0 Å². The first-order chi connectivity index (χ1) is 8.52. The van der Waals surface area contributed by atoms with Crippen LogP contribution in [-0.2, 0) is 4.79 Å². The molecule has 1 atom stereocenters. The SMILES string of the molecule is CCSc1nnc(SCC(=O)N[C@@H](C)C(C)C)s1. The quantitative estimate of drug-likeness (QED) is 0.785. The van der Waals surface area contributed by atoms with Crippen LogP contribution < -0.4 is 5.32 Å². The Hall–Kier alpha value is -0.270. The molecule has 0 aromatic carbocycles. The van der Waals surface area contributed by atoms with Gasteiger partial charge < -0.3 is 5.32 Å². The number of amides is 1. The molecule has 4 nitrogen and oxygen atoms in total. The normalized spacial score (nSPS) is 12.7. The van der Waals surface area contributed by atoms with E-state index in [0.717, 1.165) is 14.4 Å². The predicted molar refractivity (Wildman–Crippen MR) is 79.5 cm³/mol. The van der Waals surface area contributed by atoms with E-state index in [9.17, 15) is 4.79 Å². The fraction of sp³-hybridized carbons (Fsp3) is 0.727. The monoisotopic (exact) mass is 305 g/mol. The minimum atomic E-state index is 0.0566. The van der Waals surface area contributed by atoms with Gasteiger partial charge in [0.2, 0.25) is 5.91 Å². The van der Waals surface area contributed by atoms with Gasteiger partial charge in [0, 0.05) is 6.04 Å². The third-order valence-corrected chi connectivity index (χ3v) is 5.44. The molecule has 0 aliphatic rings. The number of hydrogen-bond donors (Lipinski definition) is 1. The first-order valence-corrected chi connectivity index (χ1v) is 8.70. The zero-order valence-corrected chi connectivity index (χ0v) is 13.5. The Balaban J connectivity index is 2.33. The van der Waals surface area contributed by atoms with Gasteiger partial charge in [-0.15, -0.1) is 10.2 Å². The maximum Gasteiger partial charge on any atom is 0.230 e. The number of hydrogen-bond acceptors (Lipinski definition) is 6. The van der Waals surface area contributed by atoms with Crippen LogP contribution in [0, 0.1) is 5.92 Å². The molecule has 1 aromatic heterocycles. The van der Waals surface area contributed by atoms with Crippen LogP contribution in [0.2, 0.25) is 0 Å². The van der Waals surface area contributed by atoms with Crippen molar-refractivity contribution in [3.05, 3.63) is 0 Å². The zero-order valence-electron chi connectivity index (χ0n) is 11.1. The minimum absolute atomic E-state index is 0.0566. The second-order valence-corrected chi connectivity index (χ2v) is 7.87. The maximum atomic E-state index is 11.7. The average molecular weight is 305 g/mol. The van der Waals surface area contributed by atoms with Crippen molar-refractivity contribution in [3.8, 4) is 0 Å². The lowest BCUT2D eigenvalue weighted by atomic mass is 10.1. The average Bonchev–Trinajstić information content (AvgIpc) is 2.74. The van der Waals surface area contributed by atoms with E-state index in [1.54, 1.807) is 23.1 Å². The molecule has 0 spiro atoms. The highest BCUT2D eigenvalue weighted by atomic mass is 32.2. The Labute approximate surface area is 121 Å². The van der Waals surface area contributed by atoms with Crippen molar-refractivity contribution in [2.75, 3.05) is 11.5 Å². The maximum absolute atomic E-state index is 11.7. The number of aromatic nitrogens is 2. The molecule has 1 aromatic rings. The highest BCUT2D eigenvalue weighted by Gasteiger charge is 2.12. The minimum Gasteiger partial charge on any atom is -0.353 e. The molecule has 7 heteroatoms. The number of nitrogens with zero attached hydrogens (tertiary/aromatic N) is 2. The van der Waals surface area contributed by atoms with Gasteiger partial charge in [-0.2, -0.15) is 0 Å². The van der Waals surface area contributed by atoms with Crippen LogP contribution >= 0.6 is 34.9 Å². The molecule has 0 fully saturated rings. The highest BCUT2D eigenvalue weighted by molar-refractivity contribution is 8.03. The molecule has 0 aliphatic heterocycles. The van der Waals surface area contributed by atoms with Crippen LogP contribution in [0.1, 0.15) is 27.7 Å². The summed E-state index contributed by atoms with van der Waals surface area (Å²) >= 11 is 4.67. The van der Waals surface area contributed by atoms with Gasteiger partial charge in [0.15, 0.2) is 8.68 Å². The van der Waals surface area contributed by atoms with Crippen molar-refractivity contribution in [2.24, 2.45) is 5.92 Å². The molecule has 1 heterocycles. The van der Waals surface area contributed by atoms with Gasteiger partial charge in [0.05, 0.1) is 5.75 Å². The van der Waals surface area contributed by atoms with E-state index in [1.807, 2.05) is 6.92 Å². The Kier molecular flexibility index (Phi) is 7.03. The van der Waals surface area contributed by atoms with E-state index in [-0.39, 0.29) is 11.9 Å².